The number of hydrogen-bond donors (Lipinski definition) is 0. The number of esters is 1. The van der Waals surface area contributed by atoms with Gasteiger partial charge in [-0.25, -0.2) is 9.78 Å². The Kier molecular flexibility index (Phi) is 7.45. The lowest BCUT2D eigenvalue weighted by Gasteiger charge is -2.12. The van der Waals surface area contributed by atoms with E-state index in [2.05, 4.69) is 46.7 Å². The summed E-state index contributed by atoms with van der Waals surface area (Å²) in [6, 6.07) is 8.70. The van der Waals surface area contributed by atoms with E-state index in [1.807, 2.05) is 13.0 Å². The lowest BCUT2D eigenvalue weighted by molar-refractivity contribution is -0.142. The summed E-state index contributed by atoms with van der Waals surface area (Å²) in [6.07, 6.45) is 2.06. The van der Waals surface area contributed by atoms with Crippen LogP contribution in [0.3, 0.4) is 0 Å². The number of aryl methyl sites for hydroxylation is 1. The van der Waals surface area contributed by atoms with Crippen LogP contribution in [0.25, 0.3) is 10.9 Å². The highest BCUT2D eigenvalue weighted by atomic mass is 79.9. The Morgan fingerprint density at radius 3 is 2.65 bits per heavy atom. The molecule has 0 saturated heterocycles. The molecule has 3 rings (SSSR count). The van der Waals surface area contributed by atoms with Gasteiger partial charge in [0.2, 0.25) is 0 Å². The van der Waals surface area contributed by atoms with Gasteiger partial charge in [0.25, 0.3) is 5.56 Å². The molecule has 0 amide bonds. The van der Waals surface area contributed by atoms with Crippen molar-refractivity contribution in [3.63, 3.8) is 0 Å². The van der Waals surface area contributed by atoms with Crippen LogP contribution in [0.5, 0.6) is 11.5 Å². The van der Waals surface area contributed by atoms with E-state index in [9.17, 15) is 9.59 Å². The quantitative estimate of drug-likeness (QED) is 0.326. The molecular formula is C21H19Br2N3O5. The van der Waals surface area contributed by atoms with Gasteiger partial charge in [0, 0.05) is 20.9 Å². The van der Waals surface area contributed by atoms with E-state index in [1.54, 1.807) is 24.3 Å². The lowest BCUT2D eigenvalue weighted by Crippen LogP contribution is -2.22. The van der Waals surface area contributed by atoms with Crippen molar-refractivity contribution >= 4 is 54.9 Å². The molecule has 3 aromatic rings. The number of fused-ring (bicyclic) bond motifs is 1. The molecular weight excluding hydrogens is 534 g/mol. The minimum atomic E-state index is -0.509. The summed E-state index contributed by atoms with van der Waals surface area (Å²) >= 11 is 6.84. The van der Waals surface area contributed by atoms with E-state index in [4.69, 9.17) is 9.47 Å². The normalized spacial score (nSPS) is 11.1. The number of benzene rings is 2. The van der Waals surface area contributed by atoms with Crippen LogP contribution in [0.15, 0.2) is 49.2 Å². The maximum absolute atomic E-state index is 13.0. The van der Waals surface area contributed by atoms with Crippen LogP contribution in [0.1, 0.15) is 18.3 Å². The Bertz CT molecular complexity index is 1220. The Balaban J connectivity index is 2.01. The van der Waals surface area contributed by atoms with Gasteiger partial charge in [0.1, 0.15) is 5.82 Å². The molecule has 31 heavy (non-hydrogen) atoms. The number of carbonyl (C=O) groups is 1. The molecule has 2 aromatic carbocycles. The summed E-state index contributed by atoms with van der Waals surface area (Å²) < 4.78 is 18.1. The summed E-state index contributed by atoms with van der Waals surface area (Å²) in [4.78, 5) is 28.9. The number of hydrogen-bond acceptors (Lipinski definition) is 7. The molecule has 10 heteroatoms. The molecule has 162 valence electrons. The molecule has 0 radical (unpaired) electrons. The fraction of sp³-hybridized carbons (Fsp3) is 0.238. The highest BCUT2D eigenvalue weighted by Crippen LogP contribution is 2.33. The van der Waals surface area contributed by atoms with E-state index >= 15 is 0 Å². The van der Waals surface area contributed by atoms with E-state index in [-0.39, 0.29) is 12.2 Å². The summed E-state index contributed by atoms with van der Waals surface area (Å²) in [6.45, 7) is 1.66. The van der Waals surface area contributed by atoms with Crippen molar-refractivity contribution in [3.05, 3.63) is 61.0 Å². The Morgan fingerprint density at radius 2 is 1.97 bits per heavy atom. The first-order chi connectivity index (χ1) is 14.9. The van der Waals surface area contributed by atoms with Gasteiger partial charge in [-0.3, -0.25) is 4.79 Å². The second-order valence-electron chi connectivity index (χ2n) is 6.29. The molecule has 0 fully saturated rings. The molecule has 0 spiro atoms. The Labute approximate surface area is 195 Å². The fourth-order valence-corrected chi connectivity index (χ4v) is 3.57. The molecule has 0 saturated carbocycles. The van der Waals surface area contributed by atoms with Crippen molar-refractivity contribution in [2.45, 2.75) is 13.3 Å². The minimum Gasteiger partial charge on any atom is -0.493 e. The summed E-state index contributed by atoms with van der Waals surface area (Å²) in [5, 5.41) is 4.85. The zero-order valence-electron chi connectivity index (χ0n) is 17.0. The van der Waals surface area contributed by atoms with Crippen LogP contribution < -0.4 is 15.0 Å². The van der Waals surface area contributed by atoms with Gasteiger partial charge < -0.3 is 14.2 Å². The first kappa shape index (κ1) is 23.0. The van der Waals surface area contributed by atoms with Crippen molar-refractivity contribution in [2.24, 2.45) is 5.10 Å². The standard InChI is InChI=1S/C21H19Br2N3O5/c1-4-19-25-16-6-5-13(22)8-14(16)21(28)26(19)24-10-12-7-17(29-2)18(9-15(12)23)31-11-20(27)30-3/h5-10H,4,11H2,1-3H3. The largest absolute Gasteiger partial charge is 0.493 e. The number of nitrogens with zero attached hydrogens (tertiary/aromatic N) is 3. The molecule has 0 aliphatic rings. The third-order valence-corrected chi connectivity index (χ3v) is 5.54. The number of rotatable bonds is 7. The van der Waals surface area contributed by atoms with Gasteiger partial charge in [0.15, 0.2) is 18.1 Å². The van der Waals surface area contributed by atoms with E-state index in [0.29, 0.717) is 44.7 Å². The average molecular weight is 553 g/mol. The molecule has 0 atom stereocenters. The third-order valence-electron chi connectivity index (χ3n) is 4.36. The van der Waals surface area contributed by atoms with Crippen molar-refractivity contribution < 1.29 is 19.0 Å². The van der Waals surface area contributed by atoms with Crippen molar-refractivity contribution in [3.8, 4) is 11.5 Å². The van der Waals surface area contributed by atoms with Crippen LogP contribution in [0.4, 0.5) is 0 Å². The summed E-state index contributed by atoms with van der Waals surface area (Å²) in [7, 11) is 2.77. The molecule has 0 N–H and O–H groups in total. The smallest absolute Gasteiger partial charge is 0.343 e. The molecule has 1 aromatic heterocycles. The molecule has 1 heterocycles. The molecule has 0 aliphatic carbocycles. The van der Waals surface area contributed by atoms with Gasteiger partial charge in [-0.05, 0) is 46.3 Å². The second kappa shape index (κ2) is 10.1. The van der Waals surface area contributed by atoms with Crippen molar-refractivity contribution in [2.75, 3.05) is 20.8 Å². The molecule has 0 aliphatic heterocycles. The first-order valence-electron chi connectivity index (χ1n) is 9.20. The van der Waals surface area contributed by atoms with Gasteiger partial charge in [0.05, 0.1) is 31.3 Å². The number of aromatic nitrogens is 2. The number of methoxy groups -OCH3 is 2. The summed E-state index contributed by atoms with van der Waals surface area (Å²) in [5.41, 5.74) is 0.998. The maximum Gasteiger partial charge on any atom is 0.343 e. The van der Waals surface area contributed by atoms with Crippen LogP contribution >= 0.6 is 31.9 Å². The van der Waals surface area contributed by atoms with Gasteiger partial charge in [-0.1, -0.05) is 22.9 Å². The Hall–Kier alpha value is -2.72. The number of halogens is 2. The van der Waals surface area contributed by atoms with E-state index in [0.717, 1.165) is 4.47 Å². The molecule has 0 unspecified atom stereocenters. The van der Waals surface area contributed by atoms with Crippen LogP contribution in [0, 0.1) is 0 Å². The molecule has 8 nitrogen and oxygen atoms in total. The maximum atomic E-state index is 13.0. The molecule has 0 bridgehead atoms. The highest BCUT2D eigenvalue weighted by molar-refractivity contribution is 9.10. The Morgan fingerprint density at radius 1 is 1.19 bits per heavy atom. The zero-order chi connectivity index (χ0) is 22.5. The summed E-state index contributed by atoms with van der Waals surface area (Å²) in [5.74, 6) is 0.792. The predicted octanol–water partition coefficient (Wildman–Crippen LogP) is 3.93. The van der Waals surface area contributed by atoms with Crippen LogP contribution in [-0.4, -0.2) is 42.7 Å². The van der Waals surface area contributed by atoms with Crippen molar-refractivity contribution in [1.29, 1.82) is 0 Å². The van der Waals surface area contributed by atoms with E-state index < -0.39 is 5.97 Å². The van der Waals surface area contributed by atoms with Gasteiger partial charge in [-0.15, -0.1) is 0 Å². The number of carbonyl (C=O) groups excluding carboxylic acids is 1. The topological polar surface area (TPSA) is 92.0 Å². The number of ether oxygens (including phenoxy) is 3. The van der Waals surface area contributed by atoms with Crippen LogP contribution in [0.2, 0.25) is 0 Å². The third kappa shape index (κ3) is 5.13. The van der Waals surface area contributed by atoms with Crippen molar-refractivity contribution in [1.82, 2.24) is 9.66 Å². The lowest BCUT2D eigenvalue weighted by atomic mass is 10.2. The average Bonchev–Trinajstić information content (AvgIpc) is 2.77. The van der Waals surface area contributed by atoms with E-state index in [1.165, 1.54) is 25.1 Å². The highest BCUT2D eigenvalue weighted by Gasteiger charge is 2.13. The van der Waals surface area contributed by atoms with Gasteiger partial charge >= 0.3 is 5.97 Å². The minimum absolute atomic E-state index is 0.250. The second-order valence-corrected chi connectivity index (χ2v) is 8.06. The fourth-order valence-electron chi connectivity index (χ4n) is 2.78. The SMILES string of the molecule is CCc1nc2ccc(Br)cc2c(=O)n1N=Cc1cc(OC)c(OCC(=O)OC)cc1Br. The zero-order valence-corrected chi connectivity index (χ0v) is 20.2. The van der Waals surface area contributed by atoms with Gasteiger partial charge in [-0.2, -0.15) is 9.78 Å². The van der Waals surface area contributed by atoms with Crippen LogP contribution in [-0.2, 0) is 16.0 Å². The monoisotopic (exact) mass is 551 g/mol. The predicted molar refractivity (Wildman–Crippen MR) is 124 cm³/mol. The first-order valence-corrected chi connectivity index (χ1v) is 10.8.